The number of alkyl carbamates (subject to hydrolysis) is 1. The van der Waals surface area contributed by atoms with Crippen molar-refractivity contribution in [2.45, 2.75) is 83.4 Å². The van der Waals surface area contributed by atoms with Crippen LogP contribution < -0.4 is 16.0 Å². The summed E-state index contributed by atoms with van der Waals surface area (Å²) in [6.07, 6.45) is 8.66. The maximum atomic E-state index is 13.5. The highest BCUT2D eigenvalue weighted by atomic mass is 32.1. The molecule has 0 spiro atoms. The van der Waals surface area contributed by atoms with Crippen LogP contribution in [-0.2, 0) is 25.7 Å². The van der Waals surface area contributed by atoms with Crippen LogP contribution in [0.4, 0.5) is 9.93 Å². The largest absolute Gasteiger partial charge is 0.445 e. The molecule has 0 unspecified atom stereocenters. The predicted octanol–water partition coefficient (Wildman–Crippen LogP) is 4.49. The molecule has 1 heterocycles. The van der Waals surface area contributed by atoms with Crippen LogP contribution in [0.1, 0.15) is 70.3 Å². The van der Waals surface area contributed by atoms with E-state index in [1.165, 1.54) is 17.8 Å². The van der Waals surface area contributed by atoms with Gasteiger partial charge in [-0.15, -0.1) is 11.3 Å². The molecule has 41 heavy (non-hydrogen) atoms. The van der Waals surface area contributed by atoms with E-state index in [4.69, 9.17) is 4.74 Å². The third-order valence-electron chi connectivity index (χ3n) is 7.45. The van der Waals surface area contributed by atoms with E-state index in [2.05, 4.69) is 20.9 Å². The number of unbranched alkanes of at least 4 members (excludes halogenated alkanes) is 1. The highest BCUT2D eigenvalue weighted by Gasteiger charge is 2.34. The normalized spacial score (nSPS) is 15.7. The standard InChI is InChI=1S/C29H41N5O6S/c1-21(34(39)20-35)24(18-22-10-4-2-5-11-22)26(36)32-25(27(37)33-28-30-16-17-41-28)14-8-9-15-31-29(38)40-19-23-12-6-3-7-13-23/h3,6-7,12-13,16-17,20-22,24-25,39H,2,4-5,8-11,14-15,18-19H2,1H3,(H,31,38)(H,32,36)(H,30,33,37)/t21-,24+,25-/m0/s1. The molecule has 3 atom stereocenters. The topological polar surface area (TPSA) is 150 Å². The Bertz CT molecular complexity index is 1080. The van der Waals surface area contributed by atoms with Crippen molar-refractivity contribution in [3.05, 3.63) is 47.5 Å². The van der Waals surface area contributed by atoms with Crippen molar-refractivity contribution >= 4 is 40.8 Å². The summed E-state index contributed by atoms with van der Waals surface area (Å²) in [7, 11) is 0. The molecule has 0 bridgehead atoms. The molecular formula is C29H41N5O6S. The number of rotatable bonds is 16. The lowest BCUT2D eigenvalue weighted by Gasteiger charge is -2.32. The van der Waals surface area contributed by atoms with Crippen molar-refractivity contribution in [2.24, 2.45) is 11.8 Å². The summed E-state index contributed by atoms with van der Waals surface area (Å²) in [4.78, 5) is 54.1. The molecule has 1 aromatic carbocycles. The summed E-state index contributed by atoms with van der Waals surface area (Å²) in [5, 5.41) is 21.1. The van der Waals surface area contributed by atoms with Crippen LogP contribution >= 0.6 is 11.3 Å². The fraction of sp³-hybridized carbons (Fsp3) is 0.552. The minimum absolute atomic E-state index is 0.174. The zero-order valence-electron chi connectivity index (χ0n) is 23.5. The highest BCUT2D eigenvalue weighted by molar-refractivity contribution is 7.13. The summed E-state index contributed by atoms with van der Waals surface area (Å²) in [6.45, 7) is 2.16. The number of nitrogens with zero attached hydrogens (tertiary/aromatic N) is 2. The lowest BCUT2D eigenvalue weighted by atomic mass is 9.80. The second-order valence-electron chi connectivity index (χ2n) is 10.4. The van der Waals surface area contributed by atoms with E-state index in [9.17, 15) is 24.4 Å². The van der Waals surface area contributed by atoms with Crippen LogP contribution in [-0.4, -0.2) is 58.2 Å². The van der Waals surface area contributed by atoms with E-state index >= 15 is 0 Å². The molecule has 0 saturated heterocycles. The molecule has 1 saturated carbocycles. The number of hydrogen-bond acceptors (Lipinski definition) is 8. The minimum atomic E-state index is -0.860. The van der Waals surface area contributed by atoms with Gasteiger partial charge in [-0.3, -0.25) is 19.6 Å². The lowest BCUT2D eigenvalue weighted by Crippen LogP contribution is -2.50. The van der Waals surface area contributed by atoms with E-state index in [1.807, 2.05) is 30.3 Å². The first-order valence-electron chi connectivity index (χ1n) is 14.2. The smallest absolute Gasteiger partial charge is 0.407 e. The number of hydrogen-bond donors (Lipinski definition) is 4. The Balaban J connectivity index is 1.56. The third-order valence-corrected chi connectivity index (χ3v) is 8.14. The first kappa shape index (κ1) is 32.0. The maximum absolute atomic E-state index is 13.5. The molecule has 1 aromatic heterocycles. The van der Waals surface area contributed by atoms with Gasteiger partial charge in [-0.2, -0.15) is 0 Å². The average Bonchev–Trinajstić information content (AvgIpc) is 3.51. The number of carbonyl (C=O) groups is 4. The number of ether oxygens (including phenoxy) is 1. The summed E-state index contributed by atoms with van der Waals surface area (Å²) in [6, 6.07) is 7.77. The Labute approximate surface area is 245 Å². The number of aromatic nitrogens is 1. The molecule has 0 aliphatic heterocycles. The minimum Gasteiger partial charge on any atom is -0.445 e. The summed E-state index contributed by atoms with van der Waals surface area (Å²) >= 11 is 1.27. The number of anilines is 1. The molecule has 0 radical (unpaired) electrons. The van der Waals surface area contributed by atoms with Gasteiger partial charge in [-0.05, 0) is 44.1 Å². The Morgan fingerprint density at radius 1 is 1.15 bits per heavy atom. The molecule has 4 N–H and O–H groups in total. The van der Waals surface area contributed by atoms with Crippen LogP contribution in [0, 0.1) is 11.8 Å². The Morgan fingerprint density at radius 3 is 2.59 bits per heavy atom. The second kappa shape index (κ2) is 17.3. The number of hydroxylamine groups is 2. The first-order chi connectivity index (χ1) is 19.9. The van der Waals surface area contributed by atoms with E-state index < -0.39 is 30.0 Å². The average molecular weight is 588 g/mol. The molecule has 224 valence electrons. The summed E-state index contributed by atoms with van der Waals surface area (Å²) in [5.41, 5.74) is 0.890. The van der Waals surface area contributed by atoms with Gasteiger partial charge >= 0.3 is 6.09 Å². The zero-order valence-corrected chi connectivity index (χ0v) is 24.3. The van der Waals surface area contributed by atoms with Crippen molar-refractivity contribution in [1.82, 2.24) is 20.7 Å². The van der Waals surface area contributed by atoms with Gasteiger partial charge in [0.15, 0.2) is 5.13 Å². The molecule has 2 aromatic rings. The van der Waals surface area contributed by atoms with Crippen LogP contribution in [0.15, 0.2) is 41.9 Å². The third kappa shape index (κ3) is 11.1. The van der Waals surface area contributed by atoms with Crippen molar-refractivity contribution in [1.29, 1.82) is 0 Å². The van der Waals surface area contributed by atoms with Gasteiger partial charge in [0.1, 0.15) is 12.6 Å². The SMILES string of the molecule is C[C@@H]([C@@H](CC1CCCCC1)C(=O)N[C@@H](CCCCNC(=O)OCc1ccccc1)C(=O)Nc1nccs1)N(O)C=O. The second-order valence-corrected chi connectivity index (χ2v) is 11.3. The van der Waals surface area contributed by atoms with E-state index in [0.29, 0.717) is 54.8 Å². The van der Waals surface area contributed by atoms with Gasteiger partial charge in [0, 0.05) is 18.1 Å². The van der Waals surface area contributed by atoms with E-state index in [0.717, 1.165) is 31.2 Å². The molecule has 12 heteroatoms. The van der Waals surface area contributed by atoms with Crippen LogP contribution in [0.25, 0.3) is 0 Å². The predicted molar refractivity (Wildman–Crippen MR) is 155 cm³/mol. The number of benzene rings is 1. The number of amides is 4. The lowest BCUT2D eigenvalue weighted by molar-refractivity contribution is -0.167. The summed E-state index contributed by atoms with van der Waals surface area (Å²) < 4.78 is 5.22. The van der Waals surface area contributed by atoms with E-state index in [1.54, 1.807) is 18.5 Å². The van der Waals surface area contributed by atoms with Crippen LogP contribution in [0.5, 0.6) is 0 Å². The Hall–Kier alpha value is -3.51. The Morgan fingerprint density at radius 2 is 1.90 bits per heavy atom. The number of thiazole rings is 1. The highest BCUT2D eigenvalue weighted by Crippen LogP contribution is 2.31. The van der Waals surface area contributed by atoms with Gasteiger partial charge in [0.05, 0.1) is 12.0 Å². The monoisotopic (exact) mass is 587 g/mol. The van der Waals surface area contributed by atoms with E-state index in [-0.39, 0.29) is 12.5 Å². The fourth-order valence-electron chi connectivity index (χ4n) is 5.05. The zero-order chi connectivity index (χ0) is 29.5. The fourth-order valence-corrected chi connectivity index (χ4v) is 5.58. The molecule has 1 aliphatic carbocycles. The quantitative estimate of drug-likeness (QED) is 0.0978. The van der Waals surface area contributed by atoms with Crippen molar-refractivity contribution in [3.8, 4) is 0 Å². The number of carbonyl (C=O) groups excluding carboxylic acids is 4. The first-order valence-corrected chi connectivity index (χ1v) is 15.1. The van der Waals surface area contributed by atoms with Crippen LogP contribution in [0.2, 0.25) is 0 Å². The molecule has 1 aliphatic rings. The van der Waals surface area contributed by atoms with Crippen molar-refractivity contribution < 1.29 is 29.1 Å². The van der Waals surface area contributed by atoms with Crippen molar-refractivity contribution in [2.75, 3.05) is 11.9 Å². The molecule has 11 nitrogen and oxygen atoms in total. The van der Waals surface area contributed by atoms with Crippen molar-refractivity contribution in [3.63, 3.8) is 0 Å². The molecule has 1 fully saturated rings. The van der Waals surface area contributed by atoms with Gasteiger partial charge in [-0.25, -0.2) is 14.8 Å². The Kier molecular flexibility index (Phi) is 13.5. The van der Waals surface area contributed by atoms with Crippen LogP contribution in [0.3, 0.4) is 0 Å². The molecule has 3 rings (SSSR count). The molecular weight excluding hydrogens is 546 g/mol. The van der Waals surface area contributed by atoms with Gasteiger partial charge in [-0.1, -0.05) is 62.4 Å². The molecule has 4 amide bonds. The maximum Gasteiger partial charge on any atom is 0.407 e. The van der Waals surface area contributed by atoms with Gasteiger partial charge in [0.25, 0.3) is 0 Å². The number of nitrogens with one attached hydrogen (secondary N) is 3. The summed E-state index contributed by atoms with van der Waals surface area (Å²) in [5.74, 6) is -1.14. The van der Waals surface area contributed by atoms with Gasteiger partial charge in [0.2, 0.25) is 18.2 Å². The van der Waals surface area contributed by atoms with Gasteiger partial charge < -0.3 is 20.7 Å².